The van der Waals surface area contributed by atoms with Crippen molar-refractivity contribution in [1.82, 2.24) is 0 Å². The number of ether oxygens (including phenoxy) is 1. The smallest absolute Gasteiger partial charge is 0.0755 e. The molecule has 2 nitrogen and oxygen atoms in total. The van der Waals surface area contributed by atoms with Crippen molar-refractivity contribution in [2.75, 3.05) is 7.11 Å². The van der Waals surface area contributed by atoms with Gasteiger partial charge in [-0.25, -0.2) is 0 Å². The van der Waals surface area contributed by atoms with Gasteiger partial charge in [-0.05, 0) is 110 Å². The van der Waals surface area contributed by atoms with Crippen molar-refractivity contribution in [1.29, 1.82) is 0 Å². The van der Waals surface area contributed by atoms with Crippen LogP contribution in [-0.4, -0.2) is 24.4 Å². The van der Waals surface area contributed by atoms with E-state index in [0.29, 0.717) is 16.9 Å². The first-order chi connectivity index (χ1) is 14.5. The highest BCUT2D eigenvalue weighted by atomic mass is 16.5. The molecule has 0 saturated heterocycles. The van der Waals surface area contributed by atoms with E-state index in [9.17, 15) is 5.11 Å². The normalized spacial score (nSPS) is 44.6. The summed E-state index contributed by atoms with van der Waals surface area (Å²) in [5, 5.41) is 10.6. The van der Waals surface area contributed by atoms with Gasteiger partial charge in [0.25, 0.3) is 0 Å². The van der Waals surface area contributed by atoms with Crippen LogP contribution in [0.1, 0.15) is 106 Å². The van der Waals surface area contributed by atoms with E-state index in [1.165, 1.54) is 57.8 Å². The highest BCUT2D eigenvalue weighted by Crippen LogP contribution is 2.67. The quantitative estimate of drug-likeness (QED) is 0.460. The van der Waals surface area contributed by atoms with Gasteiger partial charge in [-0.15, -0.1) is 0 Å². The molecule has 0 radical (unpaired) electrons. The molecule has 3 saturated carbocycles. The van der Waals surface area contributed by atoms with Crippen LogP contribution in [0.4, 0.5) is 0 Å². The van der Waals surface area contributed by atoms with E-state index in [2.05, 4.69) is 47.6 Å². The Bertz CT molecular complexity index is 675. The van der Waals surface area contributed by atoms with Crippen LogP contribution in [0.3, 0.4) is 0 Å². The molecule has 31 heavy (non-hydrogen) atoms. The number of allylic oxidation sites excluding steroid dienone is 1. The standard InChI is InChI=1S/C29H50O2/c1-19(8-13-26(30)27(2,3)4)23-11-12-24-22-10-9-20-18-21(31-7)14-16-28(20,5)25(22)15-17-29(23,24)6/h18-19,21-26,30H,8-17H2,1-7H3/t19-,21+,22+,23-,24+,25+,26?,28+,29-/m1/s1. The van der Waals surface area contributed by atoms with Crippen molar-refractivity contribution in [3.8, 4) is 0 Å². The molecule has 1 unspecified atom stereocenters. The lowest BCUT2D eigenvalue weighted by atomic mass is 9.46. The van der Waals surface area contributed by atoms with Gasteiger partial charge >= 0.3 is 0 Å². The summed E-state index contributed by atoms with van der Waals surface area (Å²) in [5.74, 6) is 4.32. The Hall–Kier alpha value is -0.340. The Morgan fingerprint density at radius 2 is 1.77 bits per heavy atom. The van der Waals surface area contributed by atoms with E-state index in [1.807, 2.05) is 7.11 Å². The van der Waals surface area contributed by atoms with Crippen molar-refractivity contribution in [2.24, 2.45) is 45.8 Å². The second-order valence-electron chi connectivity index (χ2n) is 13.5. The molecule has 0 aromatic heterocycles. The van der Waals surface area contributed by atoms with Crippen molar-refractivity contribution in [3.63, 3.8) is 0 Å². The Morgan fingerprint density at radius 1 is 1.03 bits per heavy atom. The Kier molecular flexibility index (Phi) is 6.50. The average molecular weight is 431 g/mol. The number of aliphatic hydroxyl groups excluding tert-OH is 1. The summed E-state index contributed by atoms with van der Waals surface area (Å²) < 4.78 is 5.71. The molecule has 4 aliphatic rings. The van der Waals surface area contributed by atoms with E-state index in [1.54, 1.807) is 5.57 Å². The maximum absolute atomic E-state index is 10.6. The number of fused-ring (bicyclic) bond motifs is 5. The minimum Gasteiger partial charge on any atom is -0.393 e. The maximum atomic E-state index is 10.6. The molecule has 0 bridgehead atoms. The number of aliphatic hydroxyl groups is 1. The highest BCUT2D eigenvalue weighted by Gasteiger charge is 2.59. The first kappa shape index (κ1) is 23.8. The third-order valence-electron chi connectivity index (χ3n) is 11.0. The number of hydrogen-bond donors (Lipinski definition) is 1. The van der Waals surface area contributed by atoms with Crippen molar-refractivity contribution < 1.29 is 9.84 Å². The summed E-state index contributed by atoms with van der Waals surface area (Å²) in [4.78, 5) is 0. The summed E-state index contributed by atoms with van der Waals surface area (Å²) in [5.41, 5.74) is 2.69. The Morgan fingerprint density at radius 3 is 2.45 bits per heavy atom. The van der Waals surface area contributed by atoms with Gasteiger partial charge in [-0.1, -0.05) is 53.2 Å². The fourth-order valence-electron chi connectivity index (χ4n) is 8.91. The Labute approximate surface area is 192 Å². The molecule has 4 aliphatic carbocycles. The topological polar surface area (TPSA) is 29.5 Å². The molecule has 0 aromatic carbocycles. The van der Waals surface area contributed by atoms with Crippen LogP contribution in [-0.2, 0) is 4.74 Å². The van der Waals surface area contributed by atoms with Crippen LogP contribution in [0.15, 0.2) is 11.6 Å². The van der Waals surface area contributed by atoms with Gasteiger partial charge in [-0.2, -0.15) is 0 Å². The lowest BCUT2D eigenvalue weighted by Crippen LogP contribution is -2.51. The minimum atomic E-state index is -0.179. The molecular formula is C29H50O2. The fraction of sp³-hybridized carbons (Fsp3) is 0.931. The molecule has 4 rings (SSSR count). The van der Waals surface area contributed by atoms with Crippen LogP contribution in [0, 0.1) is 45.8 Å². The summed E-state index contributed by atoms with van der Waals surface area (Å²) in [6.07, 6.45) is 15.8. The van der Waals surface area contributed by atoms with Crippen LogP contribution in [0.5, 0.6) is 0 Å². The fourth-order valence-corrected chi connectivity index (χ4v) is 8.91. The van der Waals surface area contributed by atoms with Crippen LogP contribution >= 0.6 is 0 Å². The first-order valence-electron chi connectivity index (χ1n) is 13.4. The summed E-state index contributed by atoms with van der Waals surface area (Å²) in [6.45, 7) is 14.3. The largest absolute Gasteiger partial charge is 0.393 e. The molecule has 0 heterocycles. The van der Waals surface area contributed by atoms with Gasteiger partial charge in [0, 0.05) is 7.11 Å². The van der Waals surface area contributed by atoms with Gasteiger partial charge < -0.3 is 9.84 Å². The van der Waals surface area contributed by atoms with Crippen LogP contribution in [0.25, 0.3) is 0 Å². The molecule has 0 amide bonds. The Balaban J connectivity index is 1.47. The second kappa shape index (κ2) is 8.46. The molecule has 9 atom stereocenters. The lowest BCUT2D eigenvalue weighted by Gasteiger charge is -2.59. The van der Waals surface area contributed by atoms with E-state index < -0.39 is 0 Å². The van der Waals surface area contributed by atoms with E-state index >= 15 is 0 Å². The maximum Gasteiger partial charge on any atom is 0.0755 e. The van der Waals surface area contributed by atoms with Gasteiger partial charge in [0.05, 0.1) is 12.2 Å². The zero-order valence-corrected chi connectivity index (χ0v) is 21.5. The number of hydrogen-bond acceptors (Lipinski definition) is 2. The zero-order valence-electron chi connectivity index (χ0n) is 21.5. The van der Waals surface area contributed by atoms with E-state index in [-0.39, 0.29) is 11.5 Å². The predicted molar refractivity (Wildman–Crippen MR) is 130 cm³/mol. The van der Waals surface area contributed by atoms with Crippen LogP contribution < -0.4 is 0 Å². The minimum absolute atomic E-state index is 0.00444. The molecular weight excluding hydrogens is 380 g/mol. The highest BCUT2D eigenvalue weighted by molar-refractivity contribution is 5.25. The third kappa shape index (κ3) is 4.07. The van der Waals surface area contributed by atoms with Gasteiger partial charge in [0.2, 0.25) is 0 Å². The van der Waals surface area contributed by atoms with Crippen molar-refractivity contribution in [3.05, 3.63) is 11.6 Å². The molecule has 2 heteroatoms. The lowest BCUT2D eigenvalue weighted by molar-refractivity contribution is -0.0648. The van der Waals surface area contributed by atoms with Gasteiger partial charge in [0.1, 0.15) is 0 Å². The molecule has 1 N–H and O–H groups in total. The predicted octanol–water partition coefficient (Wildman–Crippen LogP) is 7.40. The molecule has 0 aromatic rings. The summed E-state index contributed by atoms with van der Waals surface area (Å²) >= 11 is 0. The van der Waals surface area contributed by atoms with Gasteiger partial charge in [-0.3, -0.25) is 0 Å². The molecule has 3 fully saturated rings. The van der Waals surface area contributed by atoms with Gasteiger partial charge in [0.15, 0.2) is 0 Å². The molecule has 0 aliphatic heterocycles. The number of rotatable bonds is 5. The third-order valence-corrected chi connectivity index (χ3v) is 11.0. The molecule has 178 valence electrons. The summed E-state index contributed by atoms with van der Waals surface area (Å²) in [6, 6.07) is 0. The first-order valence-corrected chi connectivity index (χ1v) is 13.4. The second-order valence-corrected chi connectivity index (χ2v) is 13.5. The summed E-state index contributed by atoms with van der Waals surface area (Å²) in [7, 11) is 1.88. The van der Waals surface area contributed by atoms with E-state index in [0.717, 1.165) is 36.0 Å². The van der Waals surface area contributed by atoms with Crippen LogP contribution in [0.2, 0.25) is 0 Å². The van der Waals surface area contributed by atoms with Crippen molar-refractivity contribution >= 4 is 0 Å². The van der Waals surface area contributed by atoms with E-state index in [4.69, 9.17) is 4.74 Å². The molecule has 0 spiro atoms. The number of methoxy groups -OCH3 is 1. The SMILES string of the molecule is CO[C@@H]1C=C2CC[C@H]3[C@@H]4CC[C@H]([C@H](C)CCC(O)C(C)(C)C)[C@@]4(C)CC[C@@H]3[C@@]2(C)CC1. The van der Waals surface area contributed by atoms with Crippen molar-refractivity contribution in [2.45, 2.75) is 118 Å². The monoisotopic (exact) mass is 430 g/mol. The zero-order chi connectivity index (χ0) is 22.6. The average Bonchev–Trinajstić information content (AvgIpc) is 3.07.